The highest BCUT2D eigenvalue weighted by Gasteiger charge is 2.53. The number of nitrogens with zero attached hydrogens (tertiary/aromatic N) is 1. The molecular formula is C11H17NO3S. The highest BCUT2D eigenvalue weighted by atomic mass is 32.2. The average molecular weight is 243 g/mol. The Morgan fingerprint density at radius 2 is 2.12 bits per heavy atom. The molecule has 1 aliphatic carbocycles. The molecule has 1 atom stereocenters. The van der Waals surface area contributed by atoms with Crippen molar-refractivity contribution in [3.8, 4) is 0 Å². The Labute approximate surface area is 99.4 Å². The van der Waals surface area contributed by atoms with Crippen LogP contribution in [0.4, 0.5) is 0 Å². The molecule has 0 aromatic carbocycles. The molecule has 0 spiro atoms. The summed E-state index contributed by atoms with van der Waals surface area (Å²) < 4.78 is 0. The summed E-state index contributed by atoms with van der Waals surface area (Å²) in [5.41, 5.74) is -1.09. The van der Waals surface area contributed by atoms with Crippen LogP contribution in [-0.2, 0) is 9.59 Å². The predicted molar refractivity (Wildman–Crippen MR) is 62.4 cm³/mol. The number of hydrogen-bond acceptors (Lipinski definition) is 3. The van der Waals surface area contributed by atoms with E-state index in [1.54, 1.807) is 4.90 Å². The number of carboxylic acids is 1. The minimum absolute atomic E-state index is 0.154. The SMILES string of the molecule is CC1CSCCN1C(=O)C1(C(=O)O)CCC1. The Kier molecular flexibility index (Phi) is 3.15. The van der Waals surface area contributed by atoms with Crippen molar-refractivity contribution in [2.24, 2.45) is 5.41 Å². The van der Waals surface area contributed by atoms with Gasteiger partial charge < -0.3 is 10.0 Å². The van der Waals surface area contributed by atoms with Gasteiger partial charge in [-0.3, -0.25) is 9.59 Å². The molecule has 0 aromatic rings. The van der Waals surface area contributed by atoms with Crippen molar-refractivity contribution in [2.45, 2.75) is 32.2 Å². The van der Waals surface area contributed by atoms with E-state index in [0.717, 1.165) is 17.9 Å². The van der Waals surface area contributed by atoms with Crippen LogP contribution < -0.4 is 0 Å². The number of aliphatic carboxylic acids is 1. The minimum atomic E-state index is -1.09. The molecule has 16 heavy (non-hydrogen) atoms. The van der Waals surface area contributed by atoms with Gasteiger partial charge in [0.15, 0.2) is 0 Å². The molecule has 1 N–H and O–H groups in total. The fourth-order valence-electron chi connectivity index (χ4n) is 2.35. The highest BCUT2D eigenvalue weighted by Crippen LogP contribution is 2.43. The molecule has 1 amide bonds. The lowest BCUT2D eigenvalue weighted by Crippen LogP contribution is -2.56. The van der Waals surface area contributed by atoms with Crippen LogP contribution in [0.5, 0.6) is 0 Å². The topological polar surface area (TPSA) is 57.6 Å². The predicted octanol–water partition coefficient (Wildman–Crippen LogP) is 1.21. The number of carboxylic acid groups (broad SMARTS) is 1. The van der Waals surface area contributed by atoms with Crippen LogP contribution in [0, 0.1) is 5.41 Å². The molecular weight excluding hydrogens is 226 g/mol. The third-order valence-electron chi connectivity index (χ3n) is 3.65. The zero-order valence-corrected chi connectivity index (χ0v) is 10.3. The molecule has 0 bridgehead atoms. The second kappa shape index (κ2) is 4.28. The first-order valence-corrected chi connectivity index (χ1v) is 6.85. The molecule has 1 saturated heterocycles. The standard InChI is InChI=1S/C11H17NO3S/c1-8-7-16-6-5-12(8)9(13)11(10(14)15)3-2-4-11/h8H,2-7H2,1H3,(H,14,15). The summed E-state index contributed by atoms with van der Waals surface area (Å²) in [6.45, 7) is 2.69. The van der Waals surface area contributed by atoms with Crippen molar-refractivity contribution in [3.63, 3.8) is 0 Å². The Bertz CT molecular complexity index is 314. The quantitative estimate of drug-likeness (QED) is 0.741. The van der Waals surface area contributed by atoms with Crippen molar-refractivity contribution in [3.05, 3.63) is 0 Å². The van der Waals surface area contributed by atoms with E-state index in [-0.39, 0.29) is 11.9 Å². The Morgan fingerprint density at radius 1 is 1.44 bits per heavy atom. The average Bonchev–Trinajstić information content (AvgIpc) is 2.15. The molecule has 1 aliphatic heterocycles. The van der Waals surface area contributed by atoms with Crippen LogP contribution in [-0.4, -0.2) is 46.0 Å². The Balaban J connectivity index is 2.13. The molecule has 0 radical (unpaired) electrons. The first-order chi connectivity index (χ1) is 7.58. The van der Waals surface area contributed by atoms with Crippen LogP contribution in [0.25, 0.3) is 0 Å². The summed E-state index contributed by atoms with van der Waals surface area (Å²) in [5.74, 6) is 0.751. The van der Waals surface area contributed by atoms with Gasteiger partial charge in [0.2, 0.25) is 5.91 Å². The van der Waals surface area contributed by atoms with Gasteiger partial charge in [0.1, 0.15) is 5.41 Å². The lowest BCUT2D eigenvalue weighted by molar-refractivity contribution is -0.168. The summed E-state index contributed by atoms with van der Waals surface area (Å²) in [6, 6.07) is 0.170. The molecule has 90 valence electrons. The third kappa shape index (κ3) is 1.71. The fourth-order valence-corrected chi connectivity index (χ4v) is 3.37. The zero-order valence-electron chi connectivity index (χ0n) is 9.44. The molecule has 2 fully saturated rings. The number of amides is 1. The molecule has 2 rings (SSSR count). The van der Waals surface area contributed by atoms with Crippen molar-refractivity contribution in [1.29, 1.82) is 0 Å². The molecule has 2 aliphatic rings. The molecule has 1 saturated carbocycles. The van der Waals surface area contributed by atoms with E-state index in [4.69, 9.17) is 0 Å². The first-order valence-electron chi connectivity index (χ1n) is 5.70. The number of carbonyl (C=O) groups excluding carboxylic acids is 1. The van der Waals surface area contributed by atoms with Gasteiger partial charge in [-0.2, -0.15) is 11.8 Å². The van der Waals surface area contributed by atoms with Gasteiger partial charge in [0.05, 0.1) is 0 Å². The van der Waals surface area contributed by atoms with Crippen molar-refractivity contribution < 1.29 is 14.7 Å². The van der Waals surface area contributed by atoms with E-state index in [1.807, 2.05) is 18.7 Å². The van der Waals surface area contributed by atoms with Gasteiger partial charge in [-0.25, -0.2) is 0 Å². The second-order valence-corrected chi connectivity index (χ2v) is 5.81. The van der Waals surface area contributed by atoms with Gasteiger partial charge in [0, 0.05) is 24.1 Å². The van der Waals surface area contributed by atoms with E-state index in [2.05, 4.69) is 0 Å². The number of carbonyl (C=O) groups is 2. The van der Waals surface area contributed by atoms with Crippen LogP contribution in [0.2, 0.25) is 0 Å². The summed E-state index contributed by atoms with van der Waals surface area (Å²) in [4.78, 5) is 25.3. The van der Waals surface area contributed by atoms with Crippen molar-refractivity contribution in [2.75, 3.05) is 18.1 Å². The van der Waals surface area contributed by atoms with Crippen LogP contribution in [0.15, 0.2) is 0 Å². The third-order valence-corrected chi connectivity index (χ3v) is 4.84. The molecule has 1 heterocycles. The molecule has 5 heteroatoms. The van der Waals surface area contributed by atoms with Crippen LogP contribution >= 0.6 is 11.8 Å². The summed E-state index contributed by atoms with van der Waals surface area (Å²) in [7, 11) is 0. The lowest BCUT2D eigenvalue weighted by atomic mass is 9.67. The molecule has 1 unspecified atom stereocenters. The van der Waals surface area contributed by atoms with E-state index in [0.29, 0.717) is 19.4 Å². The smallest absolute Gasteiger partial charge is 0.319 e. The van der Waals surface area contributed by atoms with Gasteiger partial charge in [-0.15, -0.1) is 0 Å². The number of rotatable bonds is 2. The summed E-state index contributed by atoms with van der Waals surface area (Å²) >= 11 is 1.83. The number of hydrogen-bond donors (Lipinski definition) is 1. The monoisotopic (exact) mass is 243 g/mol. The van der Waals surface area contributed by atoms with Gasteiger partial charge in [-0.05, 0) is 19.8 Å². The van der Waals surface area contributed by atoms with Crippen molar-refractivity contribution >= 4 is 23.6 Å². The van der Waals surface area contributed by atoms with Crippen LogP contribution in [0.1, 0.15) is 26.2 Å². The largest absolute Gasteiger partial charge is 0.480 e. The summed E-state index contributed by atoms with van der Waals surface area (Å²) in [6.07, 6.45) is 1.88. The minimum Gasteiger partial charge on any atom is -0.480 e. The Hall–Kier alpha value is -0.710. The van der Waals surface area contributed by atoms with E-state index < -0.39 is 11.4 Å². The van der Waals surface area contributed by atoms with E-state index in [9.17, 15) is 14.7 Å². The summed E-state index contributed by atoms with van der Waals surface area (Å²) in [5, 5.41) is 9.22. The van der Waals surface area contributed by atoms with Crippen LogP contribution in [0.3, 0.4) is 0 Å². The molecule has 0 aromatic heterocycles. The van der Waals surface area contributed by atoms with Gasteiger partial charge in [0.25, 0.3) is 0 Å². The fraction of sp³-hybridized carbons (Fsp3) is 0.818. The van der Waals surface area contributed by atoms with Gasteiger partial charge in [-0.1, -0.05) is 6.42 Å². The maximum atomic E-state index is 12.3. The first kappa shape index (κ1) is 11.8. The van der Waals surface area contributed by atoms with Crippen molar-refractivity contribution in [1.82, 2.24) is 4.90 Å². The molecule has 4 nitrogen and oxygen atoms in total. The number of thioether (sulfide) groups is 1. The Morgan fingerprint density at radius 3 is 2.56 bits per heavy atom. The van der Waals surface area contributed by atoms with E-state index >= 15 is 0 Å². The van der Waals surface area contributed by atoms with Gasteiger partial charge >= 0.3 is 5.97 Å². The maximum Gasteiger partial charge on any atom is 0.319 e. The lowest BCUT2D eigenvalue weighted by Gasteiger charge is -2.43. The maximum absolute atomic E-state index is 12.3. The second-order valence-electron chi connectivity index (χ2n) is 4.66. The van der Waals surface area contributed by atoms with E-state index in [1.165, 1.54) is 0 Å². The highest BCUT2D eigenvalue weighted by molar-refractivity contribution is 7.99. The normalized spacial score (nSPS) is 28.3. The zero-order chi connectivity index (χ0) is 11.8.